The van der Waals surface area contributed by atoms with Crippen molar-refractivity contribution in [2.75, 3.05) is 0 Å². The Morgan fingerprint density at radius 1 is 1.00 bits per heavy atom. The Morgan fingerprint density at radius 3 is 2.46 bits per heavy atom. The summed E-state index contributed by atoms with van der Waals surface area (Å²) in [4.78, 5) is 0. The zero-order chi connectivity index (χ0) is 13.4. The van der Waals surface area contributed by atoms with Crippen molar-refractivity contribution < 1.29 is 6.85 Å². The molecule has 0 unspecified atom stereocenters. The zero-order valence-corrected chi connectivity index (χ0v) is 7.31. The van der Waals surface area contributed by atoms with E-state index in [1.165, 1.54) is 0 Å². The zero-order valence-electron chi connectivity index (χ0n) is 12.3. The van der Waals surface area contributed by atoms with Crippen LogP contribution >= 0.6 is 0 Å². The fourth-order valence-electron chi connectivity index (χ4n) is 1.19. The van der Waals surface area contributed by atoms with Gasteiger partial charge in [-0.1, -0.05) is 60.0 Å². The number of hydrogen-bond donors (Lipinski definition) is 0. The highest BCUT2D eigenvalue weighted by molar-refractivity contribution is 5.63. The van der Waals surface area contributed by atoms with Crippen molar-refractivity contribution in [3.05, 3.63) is 60.0 Å². The normalized spacial score (nSPS) is 15.3. The van der Waals surface area contributed by atoms with E-state index in [1.54, 1.807) is 6.07 Å². The van der Waals surface area contributed by atoms with Gasteiger partial charge in [-0.25, -0.2) is 0 Å². The molecule has 0 heterocycles. The highest BCUT2D eigenvalue weighted by Crippen LogP contribution is 2.19. The SMILES string of the molecule is [2H]c1c([2H])c([2H])c(-c2cccc(C)c2)c([2H])c1[2H]. The third-order valence-electron chi connectivity index (χ3n) is 1.81. The van der Waals surface area contributed by atoms with Gasteiger partial charge < -0.3 is 0 Å². The molecule has 0 atom stereocenters. The van der Waals surface area contributed by atoms with E-state index in [9.17, 15) is 0 Å². The monoisotopic (exact) mass is 173 g/mol. The Kier molecular flexibility index (Phi) is 1.09. The molecule has 0 fully saturated rings. The molecule has 0 aliphatic heterocycles. The number of rotatable bonds is 1. The van der Waals surface area contributed by atoms with E-state index in [2.05, 4.69) is 0 Å². The molecule has 0 bridgehead atoms. The summed E-state index contributed by atoms with van der Waals surface area (Å²) in [6.07, 6.45) is 0. The van der Waals surface area contributed by atoms with E-state index >= 15 is 0 Å². The molecule has 64 valence electrons. The average Bonchev–Trinajstić information content (AvgIpc) is 2.34. The Hall–Kier alpha value is -1.56. The van der Waals surface area contributed by atoms with Crippen molar-refractivity contribution in [3.63, 3.8) is 0 Å². The quantitative estimate of drug-likeness (QED) is 0.617. The fourth-order valence-corrected chi connectivity index (χ4v) is 1.19. The molecule has 0 N–H and O–H groups in total. The largest absolute Gasteiger partial charge is 0.0629 e. The molecule has 2 aromatic rings. The van der Waals surface area contributed by atoms with Crippen molar-refractivity contribution in [2.24, 2.45) is 0 Å². The van der Waals surface area contributed by atoms with E-state index in [1.807, 2.05) is 25.1 Å². The maximum absolute atomic E-state index is 7.87. The molecule has 2 aromatic carbocycles. The molecule has 0 aliphatic rings. The molecule has 0 aromatic heterocycles. The summed E-state index contributed by atoms with van der Waals surface area (Å²) in [6, 6.07) is 6.00. The summed E-state index contributed by atoms with van der Waals surface area (Å²) in [5.41, 5.74) is 1.89. The van der Waals surface area contributed by atoms with Crippen LogP contribution in [0.4, 0.5) is 0 Å². The van der Waals surface area contributed by atoms with E-state index in [-0.39, 0.29) is 35.8 Å². The molecule has 0 saturated carbocycles. The van der Waals surface area contributed by atoms with E-state index in [4.69, 9.17) is 6.85 Å². The highest BCUT2D eigenvalue weighted by Gasteiger charge is 1.94. The first kappa shape index (κ1) is 4.10. The van der Waals surface area contributed by atoms with Crippen LogP contribution in [-0.4, -0.2) is 0 Å². The lowest BCUT2D eigenvalue weighted by atomic mass is 10.0. The second-order valence-corrected chi connectivity index (χ2v) is 2.87. The molecular formula is C13H12. The van der Waals surface area contributed by atoms with Crippen molar-refractivity contribution in [1.29, 1.82) is 0 Å². The van der Waals surface area contributed by atoms with Crippen LogP contribution in [0.3, 0.4) is 0 Å². The molecule has 0 amide bonds. The third-order valence-corrected chi connectivity index (χ3v) is 1.81. The van der Waals surface area contributed by atoms with Crippen molar-refractivity contribution in [3.8, 4) is 11.1 Å². The standard InChI is InChI=1S/C13H12/c1-11-6-5-9-13(10-11)12-7-3-2-4-8-12/h2-10H,1H3/i2D,3D,4D,7D,8D. The Bertz CT molecular complexity index is 590. The molecule has 0 aliphatic carbocycles. The number of hydrogen-bond acceptors (Lipinski definition) is 0. The van der Waals surface area contributed by atoms with Crippen molar-refractivity contribution in [2.45, 2.75) is 6.92 Å². The van der Waals surface area contributed by atoms with Crippen LogP contribution in [0, 0.1) is 6.92 Å². The summed E-state index contributed by atoms with van der Waals surface area (Å²) in [7, 11) is 0. The number of benzene rings is 2. The lowest BCUT2D eigenvalue weighted by molar-refractivity contribution is 1.47. The molecule has 0 nitrogen and oxygen atoms in total. The first-order valence-electron chi connectivity index (χ1n) is 6.57. The molecule has 0 heteroatoms. The molecule has 0 saturated heterocycles. The average molecular weight is 173 g/mol. The van der Waals surface area contributed by atoms with E-state index in [0.29, 0.717) is 5.56 Å². The summed E-state index contributed by atoms with van der Waals surface area (Å²) in [5, 5.41) is 0. The Labute approximate surface area is 85.9 Å². The smallest absolute Gasteiger partial charge is 0.0622 e. The van der Waals surface area contributed by atoms with Gasteiger partial charge in [0.05, 0.1) is 6.85 Å². The molecule has 13 heavy (non-hydrogen) atoms. The van der Waals surface area contributed by atoms with Crippen LogP contribution in [-0.2, 0) is 0 Å². The van der Waals surface area contributed by atoms with Gasteiger partial charge in [-0.3, -0.25) is 0 Å². The first-order valence-corrected chi connectivity index (χ1v) is 4.07. The maximum atomic E-state index is 7.87. The summed E-state index contributed by atoms with van der Waals surface area (Å²) < 4.78 is 38.5. The van der Waals surface area contributed by atoms with Gasteiger partial charge in [-0.15, -0.1) is 0 Å². The lowest BCUT2D eigenvalue weighted by Gasteiger charge is -2.01. The first-order chi connectivity index (χ1) is 8.43. The fraction of sp³-hybridized carbons (Fsp3) is 0.0769. The minimum atomic E-state index is -0.360. The summed E-state index contributed by atoms with van der Waals surface area (Å²) in [6.45, 7) is 1.90. The maximum Gasteiger partial charge on any atom is 0.0629 e. The van der Waals surface area contributed by atoms with Crippen LogP contribution in [0.5, 0.6) is 0 Å². The van der Waals surface area contributed by atoms with E-state index in [0.717, 1.165) is 5.56 Å². The molecule has 2 rings (SSSR count). The van der Waals surface area contributed by atoms with Gasteiger partial charge >= 0.3 is 0 Å². The molecular weight excluding hydrogens is 156 g/mol. The van der Waals surface area contributed by atoms with Gasteiger partial charge in [0.15, 0.2) is 0 Å². The van der Waals surface area contributed by atoms with Gasteiger partial charge in [0.25, 0.3) is 0 Å². The molecule has 0 radical (unpaired) electrons. The predicted molar refractivity (Wildman–Crippen MR) is 56.6 cm³/mol. The van der Waals surface area contributed by atoms with Crippen LogP contribution in [0.15, 0.2) is 54.5 Å². The second kappa shape index (κ2) is 3.44. The van der Waals surface area contributed by atoms with Crippen LogP contribution in [0.2, 0.25) is 0 Å². The van der Waals surface area contributed by atoms with Gasteiger partial charge in [0, 0.05) is 0 Å². The Balaban J connectivity index is 2.80. The van der Waals surface area contributed by atoms with Crippen molar-refractivity contribution in [1.82, 2.24) is 0 Å². The van der Waals surface area contributed by atoms with Gasteiger partial charge in [0.2, 0.25) is 0 Å². The highest BCUT2D eigenvalue weighted by atomic mass is 14.0. The van der Waals surface area contributed by atoms with Crippen LogP contribution in [0.25, 0.3) is 11.1 Å². The minimum absolute atomic E-state index is 0.161. The van der Waals surface area contributed by atoms with E-state index < -0.39 is 0 Å². The predicted octanol–water partition coefficient (Wildman–Crippen LogP) is 3.66. The van der Waals surface area contributed by atoms with Gasteiger partial charge in [-0.2, -0.15) is 0 Å². The second-order valence-electron chi connectivity index (χ2n) is 2.87. The Morgan fingerprint density at radius 2 is 1.77 bits per heavy atom. The van der Waals surface area contributed by atoms with Crippen molar-refractivity contribution >= 4 is 0 Å². The topological polar surface area (TPSA) is 0 Å². The van der Waals surface area contributed by atoms with Crippen LogP contribution in [0.1, 0.15) is 12.4 Å². The summed E-state index contributed by atoms with van der Waals surface area (Å²) in [5.74, 6) is 0. The lowest BCUT2D eigenvalue weighted by Crippen LogP contribution is -1.77. The summed E-state index contributed by atoms with van der Waals surface area (Å²) >= 11 is 0. The molecule has 0 spiro atoms. The van der Waals surface area contributed by atoms with Gasteiger partial charge in [-0.05, 0) is 18.1 Å². The van der Waals surface area contributed by atoms with Gasteiger partial charge in [0.1, 0.15) is 0 Å². The minimum Gasteiger partial charge on any atom is -0.0622 e. The third kappa shape index (κ3) is 1.78. The van der Waals surface area contributed by atoms with Crippen LogP contribution < -0.4 is 0 Å². The number of aryl methyl sites for hydroxylation is 1.